The van der Waals surface area contributed by atoms with E-state index in [1.165, 1.54) is 18.2 Å². The lowest BCUT2D eigenvalue weighted by molar-refractivity contribution is -0.143. The zero-order valence-corrected chi connectivity index (χ0v) is 36.2. The van der Waals surface area contributed by atoms with Crippen LogP contribution in [0.5, 0.6) is 5.75 Å². The van der Waals surface area contributed by atoms with Crippen LogP contribution in [-0.4, -0.2) is 95.2 Å². The maximum absolute atomic E-state index is 13.8. The number of rotatable bonds is 21. The highest BCUT2D eigenvalue weighted by molar-refractivity contribution is 6.05. The summed E-state index contributed by atoms with van der Waals surface area (Å²) in [7, 11) is 1.59. The van der Waals surface area contributed by atoms with Gasteiger partial charge in [-0.3, -0.25) is 44.0 Å². The Balaban J connectivity index is 1.44. The number of nitrogens with two attached hydrogens (primary N) is 2. The second kappa shape index (κ2) is 20.0. The molecule has 6 aromatic rings. The van der Waals surface area contributed by atoms with Crippen molar-refractivity contribution < 1.29 is 38.2 Å². The van der Waals surface area contributed by atoms with E-state index in [1.54, 1.807) is 64.6 Å². The predicted octanol–water partition coefficient (Wildman–Crippen LogP) is 4.31. The van der Waals surface area contributed by atoms with E-state index >= 15 is 0 Å². The smallest absolute Gasteiger partial charge is 0.306 e. The molecule has 4 aromatic heterocycles. The fourth-order valence-corrected chi connectivity index (χ4v) is 7.20. The number of allylic oxidation sites excluding steroid dienone is 2. The molecule has 0 bridgehead atoms. The summed E-state index contributed by atoms with van der Waals surface area (Å²) >= 11 is 0. The number of carbonyl (C=O) groups is 5. The molecular weight excluding hydrogens is 813 g/mol. The highest BCUT2D eigenvalue weighted by Gasteiger charge is 2.24. The molecule has 0 fully saturated rings. The van der Waals surface area contributed by atoms with E-state index in [2.05, 4.69) is 20.8 Å². The number of anilines is 2. The Morgan fingerprint density at radius 2 is 1.24 bits per heavy atom. The fraction of sp³-hybridized carbons (Fsp3) is 0.372. The second-order valence-corrected chi connectivity index (χ2v) is 14.5. The molecule has 4 heterocycles. The predicted molar refractivity (Wildman–Crippen MR) is 234 cm³/mol. The Bertz CT molecular complexity index is 2720. The van der Waals surface area contributed by atoms with Gasteiger partial charge in [0.05, 0.1) is 41.2 Å². The van der Waals surface area contributed by atoms with Crippen molar-refractivity contribution in [3.8, 4) is 5.75 Å². The third kappa shape index (κ3) is 10.2. The van der Waals surface area contributed by atoms with Crippen LogP contribution in [0.3, 0.4) is 0 Å². The van der Waals surface area contributed by atoms with Gasteiger partial charge in [0, 0.05) is 63.9 Å². The Morgan fingerprint density at radius 1 is 0.714 bits per heavy atom. The van der Waals surface area contributed by atoms with Crippen molar-refractivity contribution in [1.29, 1.82) is 0 Å². The minimum atomic E-state index is -0.689. The molecule has 6 N–H and O–H groups in total. The number of hydrogen-bond acceptors (Lipinski definition) is 12. The Labute approximate surface area is 362 Å². The highest BCUT2D eigenvalue weighted by atomic mass is 16.5. The molecule has 2 aromatic carbocycles. The quantitative estimate of drug-likeness (QED) is 0.0449. The average molecular weight is 865 g/mol. The molecule has 0 aliphatic rings. The van der Waals surface area contributed by atoms with Crippen molar-refractivity contribution in [2.45, 2.75) is 80.1 Å². The lowest BCUT2D eigenvalue weighted by Gasteiger charge is -2.13. The minimum absolute atomic E-state index is 0.0109. The van der Waals surface area contributed by atoms with Gasteiger partial charge in [-0.15, -0.1) is 0 Å². The van der Waals surface area contributed by atoms with Gasteiger partial charge in [-0.05, 0) is 83.0 Å². The normalized spacial score (nSPS) is 11.5. The van der Waals surface area contributed by atoms with Gasteiger partial charge >= 0.3 is 5.97 Å². The van der Waals surface area contributed by atoms with E-state index in [0.717, 1.165) is 0 Å². The molecule has 20 nitrogen and oxygen atoms in total. The molecule has 0 saturated heterocycles. The summed E-state index contributed by atoms with van der Waals surface area (Å²) in [4.78, 5) is 74.5. The van der Waals surface area contributed by atoms with Crippen molar-refractivity contribution in [1.82, 2.24) is 38.7 Å². The van der Waals surface area contributed by atoms with Gasteiger partial charge in [0.15, 0.2) is 0 Å². The highest BCUT2D eigenvalue weighted by Crippen LogP contribution is 2.32. The topological polar surface area (TPSA) is 260 Å². The van der Waals surface area contributed by atoms with Gasteiger partial charge in [0.1, 0.15) is 22.7 Å². The van der Waals surface area contributed by atoms with E-state index < -0.39 is 29.6 Å². The van der Waals surface area contributed by atoms with Gasteiger partial charge in [-0.25, -0.2) is 9.97 Å². The number of aryl methyl sites for hydroxylation is 5. The number of methoxy groups -OCH3 is 1. The van der Waals surface area contributed by atoms with Gasteiger partial charge in [-0.1, -0.05) is 12.2 Å². The molecule has 332 valence electrons. The molecular formula is C43H52N12O8. The largest absolute Gasteiger partial charge is 0.491 e. The third-order valence-corrected chi connectivity index (χ3v) is 10.0. The van der Waals surface area contributed by atoms with E-state index in [4.69, 9.17) is 35.6 Å². The molecule has 0 unspecified atom stereocenters. The first-order chi connectivity index (χ1) is 30.3. The fourth-order valence-electron chi connectivity index (χ4n) is 7.20. The van der Waals surface area contributed by atoms with Crippen LogP contribution in [0.4, 0.5) is 11.9 Å². The molecule has 63 heavy (non-hydrogen) atoms. The number of carbonyl (C=O) groups excluding carboxylic acids is 5. The molecule has 0 aliphatic carbocycles. The second-order valence-electron chi connectivity index (χ2n) is 14.5. The number of imidazole rings is 2. The molecule has 0 atom stereocenters. The molecule has 20 heteroatoms. The first kappa shape index (κ1) is 45.2. The van der Waals surface area contributed by atoms with Crippen molar-refractivity contribution >= 4 is 63.6 Å². The lowest BCUT2D eigenvalue weighted by atomic mass is 10.0. The first-order valence-electron chi connectivity index (χ1n) is 20.6. The van der Waals surface area contributed by atoms with Crippen LogP contribution in [0.15, 0.2) is 48.6 Å². The Morgan fingerprint density at radius 3 is 1.75 bits per heavy atom. The Kier molecular flexibility index (Phi) is 14.4. The number of nitrogens with zero attached hydrogens (tertiary/aromatic N) is 8. The maximum atomic E-state index is 13.8. The zero-order valence-electron chi connectivity index (χ0n) is 36.2. The van der Waals surface area contributed by atoms with Crippen LogP contribution in [0.25, 0.3) is 22.1 Å². The number of nitrogens with one attached hydrogen (secondary N) is 2. The standard InChI is InChI=1S/C43H52N12O8/c1-7-54-32(19-25(4)50-54)40(59)48-42-46-30-22-28(38(44)57)21-27(13-14-35(56)62-9-3)36(30)52(42)15-10-11-16-53-37-31(23-29(39(45)58)24-34(37)63-18-12-17-61-6)47-43(53)49-41(60)33-20-26(5)51-55(33)8-2/h10-11,19-24H,7-9,12-18H2,1-6H3,(H2,44,57)(H2,45,58)(H,46,48,59)(H,47,49,60)/b11-10+. The zero-order chi connectivity index (χ0) is 45.4. The molecule has 0 saturated carbocycles. The number of benzene rings is 2. The van der Waals surface area contributed by atoms with E-state index in [1.807, 2.05) is 26.0 Å². The number of fused-ring (bicyclic) bond motifs is 2. The van der Waals surface area contributed by atoms with Crippen LogP contribution < -0.4 is 26.8 Å². The summed E-state index contributed by atoms with van der Waals surface area (Å²) in [6.07, 6.45) is 4.41. The van der Waals surface area contributed by atoms with E-state index in [-0.39, 0.29) is 62.2 Å². The van der Waals surface area contributed by atoms with E-state index in [9.17, 15) is 24.0 Å². The average Bonchev–Trinajstić information content (AvgIpc) is 4.02. The van der Waals surface area contributed by atoms with Crippen molar-refractivity contribution in [2.24, 2.45) is 11.5 Å². The number of aromatic nitrogens is 8. The molecule has 0 aliphatic heterocycles. The summed E-state index contributed by atoms with van der Waals surface area (Å²) in [6.45, 7) is 11.1. The third-order valence-electron chi connectivity index (χ3n) is 10.0. The SMILES string of the molecule is CCOC(=O)CCc1cc(C(N)=O)cc2nc(NC(=O)c3cc(C)nn3CC)n(C/C=C/Cn3c(NC(=O)c4cc(C)nn4CC)nc4cc(C(N)=O)cc(OCCCOC)c43)c12. The summed E-state index contributed by atoms with van der Waals surface area (Å²) in [5.41, 5.74) is 16.1. The molecule has 0 radical (unpaired) electrons. The molecule has 6 rings (SSSR count). The summed E-state index contributed by atoms with van der Waals surface area (Å²) in [6, 6.07) is 9.57. The van der Waals surface area contributed by atoms with Crippen LogP contribution in [-0.2, 0) is 46.9 Å². The summed E-state index contributed by atoms with van der Waals surface area (Å²) < 4.78 is 23.2. The van der Waals surface area contributed by atoms with Crippen LogP contribution in [0, 0.1) is 13.8 Å². The molecule has 4 amide bonds. The minimum Gasteiger partial charge on any atom is -0.491 e. The van der Waals surface area contributed by atoms with Gasteiger partial charge in [0.25, 0.3) is 11.8 Å². The van der Waals surface area contributed by atoms with Crippen LogP contribution >= 0.6 is 0 Å². The van der Waals surface area contributed by atoms with Gasteiger partial charge in [-0.2, -0.15) is 10.2 Å². The number of esters is 1. The molecule has 0 spiro atoms. The van der Waals surface area contributed by atoms with Gasteiger partial charge in [0.2, 0.25) is 23.7 Å². The monoisotopic (exact) mass is 864 g/mol. The van der Waals surface area contributed by atoms with Crippen LogP contribution in [0.2, 0.25) is 0 Å². The van der Waals surface area contributed by atoms with Crippen molar-refractivity contribution in [2.75, 3.05) is 37.6 Å². The van der Waals surface area contributed by atoms with E-state index in [0.29, 0.717) is 82.3 Å². The number of primary amides is 2. The number of amides is 4. The number of hydrogen-bond donors (Lipinski definition) is 4. The van der Waals surface area contributed by atoms with Crippen molar-refractivity contribution in [3.05, 3.63) is 88.0 Å². The number of ether oxygens (including phenoxy) is 3. The van der Waals surface area contributed by atoms with Crippen LogP contribution in [0.1, 0.15) is 92.3 Å². The van der Waals surface area contributed by atoms with Gasteiger partial charge < -0.3 is 34.8 Å². The summed E-state index contributed by atoms with van der Waals surface area (Å²) in [5, 5.41) is 14.7. The Hall–Kier alpha value is -7.35. The maximum Gasteiger partial charge on any atom is 0.306 e. The lowest BCUT2D eigenvalue weighted by Crippen LogP contribution is -2.20. The van der Waals surface area contributed by atoms with Crippen molar-refractivity contribution in [3.63, 3.8) is 0 Å². The first-order valence-corrected chi connectivity index (χ1v) is 20.6. The summed E-state index contributed by atoms with van der Waals surface area (Å²) in [5.74, 6) is -2.07.